The minimum Gasteiger partial charge on any atom is -0.394 e. The summed E-state index contributed by atoms with van der Waals surface area (Å²) in [6.07, 6.45) is 3.61. The number of rotatable bonds is 0. The van der Waals surface area contributed by atoms with Crippen molar-refractivity contribution in [3.63, 3.8) is 0 Å². The zero-order chi connectivity index (χ0) is 9.64. The lowest BCUT2D eigenvalue weighted by atomic mass is 9.56. The Kier molecular flexibility index (Phi) is 2.19. The SMILES string of the molecule is B[C@@H]1[C@@H](O)CC[C@]2(C)[C@@H](O)CC[C@@H]12. The second kappa shape index (κ2) is 2.99. The Bertz CT molecular complexity index is 209. The van der Waals surface area contributed by atoms with E-state index in [9.17, 15) is 10.2 Å². The van der Waals surface area contributed by atoms with Crippen molar-refractivity contribution in [3.05, 3.63) is 0 Å². The molecule has 2 fully saturated rings. The third kappa shape index (κ3) is 1.24. The first kappa shape index (κ1) is 9.54. The maximum absolute atomic E-state index is 9.91. The van der Waals surface area contributed by atoms with Gasteiger partial charge in [0.2, 0.25) is 0 Å². The van der Waals surface area contributed by atoms with Crippen LogP contribution in [0, 0.1) is 11.3 Å². The van der Waals surface area contributed by atoms with Gasteiger partial charge in [-0.1, -0.05) is 6.92 Å². The summed E-state index contributed by atoms with van der Waals surface area (Å²) in [5.74, 6) is 0.905. The van der Waals surface area contributed by atoms with Crippen LogP contribution < -0.4 is 0 Å². The molecule has 0 aromatic rings. The number of hydrogen-bond acceptors (Lipinski definition) is 2. The van der Waals surface area contributed by atoms with Gasteiger partial charge < -0.3 is 10.2 Å². The van der Waals surface area contributed by atoms with Crippen molar-refractivity contribution in [2.24, 2.45) is 11.3 Å². The van der Waals surface area contributed by atoms with Crippen LogP contribution in [0.15, 0.2) is 0 Å². The van der Waals surface area contributed by atoms with Gasteiger partial charge in [-0.25, -0.2) is 0 Å². The molecule has 0 spiro atoms. The van der Waals surface area contributed by atoms with Gasteiger partial charge in [0.1, 0.15) is 7.85 Å². The van der Waals surface area contributed by atoms with Crippen LogP contribution in [0.2, 0.25) is 5.82 Å². The average molecular weight is 182 g/mol. The molecule has 13 heavy (non-hydrogen) atoms. The maximum atomic E-state index is 9.91. The Morgan fingerprint density at radius 1 is 1.23 bits per heavy atom. The van der Waals surface area contributed by atoms with Crippen LogP contribution in [0.1, 0.15) is 32.6 Å². The highest BCUT2D eigenvalue weighted by Crippen LogP contribution is 2.55. The highest BCUT2D eigenvalue weighted by Gasteiger charge is 2.51. The highest BCUT2D eigenvalue weighted by atomic mass is 16.3. The van der Waals surface area contributed by atoms with Crippen LogP contribution in [0.5, 0.6) is 0 Å². The van der Waals surface area contributed by atoms with Gasteiger partial charge in [-0.3, -0.25) is 0 Å². The van der Waals surface area contributed by atoms with Gasteiger partial charge in [0, 0.05) is 0 Å². The smallest absolute Gasteiger partial charge is 0.109 e. The second-order valence-electron chi connectivity index (χ2n) is 5.17. The van der Waals surface area contributed by atoms with Crippen molar-refractivity contribution in [1.29, 1.82) is 0 Å². The quantitative estimate of drug-likeness (QED) is 0.530. The molecule has 0 unspecified atom stereocenters. The molecule has 3 heteroatoms. The Morgan fingerprint density at radius 2 is 1.92 bits per heavy atom. The lowest BCUT2D eigenvalue weighted by molar-refractivity contribution is -0.0244. The van der Waals surface area contributed by atoms with Crippen molar-refractivity contribution in [1.82, 2.24) is 0 Å². The molecule has 0 heterocycles. The van der Waals surface area contributed by atoms with E-state index in [1.165, 1.54) is 0 Å². The predicted octanol–water partition coefficient (Wildman–Crippen LogP) is 0.340. The van der Waals surface area contributed by atoms with Crippen molar-refractivity contribution in [3.8, 4) is 0 Å². The fourth-order valence-corrected chi connectivity index (χ4v) is 3.45. The monoisotopic (exact) mass is 182 g/mol. The standard InChI is InChI=1S/C10H19BO2/c1-10-5-4-7(12)9(11)6(10)2-3-8(10)13/h6-9,12-13H,2-5,11H2,1H3/t6-,7-,8-,9-,10-/m0/s1. The van der Waals surface area contributed by atoms with E-state index in [0.29, 0.717) is 11.7 Å². The summed E-state index contributed by atoms with van der Waals surface area (Å²) in [6.45, 7) is 2.19. The van der Waals surface area contributed by atoms with E-state index in [-0.39, 0.29) is 17.6 Å². The molecule has 2 rings (SSSR count). The second-order valence-corrected chi connectivity index (χ2v) is 5.17. The van der Waals surface area contributed by atoms with E-state index in [1.54, 1.807) is 0 Å². The molecular weight excluding hydrogens is 163 g/mol. The summed E-state index contributed by atoms with van der Waals surface area (Å²) in [5, 5.41) is 19.6. The van der Waals surface area contributed by atoms with Crippen LogP contribution in [0.3, 0.4) is 0 Å². The van der Waals surface area contributed by atoms with Gasteiger partial charge >= 0.3 is 0 Å². The Morgan fingerprint density at radius 3 is 2.62 bits per heavy atom. The fourth-order valence-electron chi connectivity index (χ4n) is 3.45. The Labute approximate surface area is 80.8 Å². The predicted molar refractivity (Wildman–Crippen MR) is 54.4 cm³/mol. The van der Waals surface area contributed by atoms with E-state index in [0.717, 1.165) is 25.7 Å². The molecule has 0 aromatic carbocycles. The molecule has 0 bridgehead atoms. The number of aliphatic hydroxyl groups is 2. The number of aliphatic hydroxyl groups excluding tert-OH is 2. The van der Waals surface area contributed by atoms with E-state index < -0.39 is 0 Å². The topological polar surface area (TPSA) is 40.5 Å². The first-order valence-corrected chi connectivity index (χ1v) is 5.42. The minimum atomic E-state index is -0.136. The lowest BCUT2D eigenvalue weighted by Gasteiger charge is -2.44. The van der Waals surface area contributed by atoms with E-state index in [4.69, 9.17) is 0 Å². The summed E-state index contributed by atoms with van der Waals surface area (Å²) >= 11 is 0. The lowest BCUT2D eigenvalue weighted by Crippen LogP contribution is -2.42. The minimum absolute atomic E-state index is 0.0959. The highest BCUT2D eigenvalue weighted by molar-refractivity contribution is 6.12. The van der Waals surface area contributed by atoms with Crippen LogP contribution in [-0.4, -0.2) is 30.3 Å². The molecular formula is C10H19BO2. The largest absolute Gasteiger partial charge is 0.394 e. The van der Waals surface area contributed by atoms with Crippen molar-refractivity contribution in [2.75, 3.05) is 0 Å². The molecule has 2 aliphatic carbocycles. The van der Waals surface area contributed by atoms with Gasteiger partial charge in [-0.05, 0) is 42.8 Å². The third-order valence-corrected chi connectivity index (χ3v) is 4.58. The van der Waals surface area contributed by atoms with E-state index >= 15 is 0 Å². The first-order valence-electron chi connectivity index (χ1n) is 5.42. The molecule has 74 valence electrons. The maximum Gasteiger partial charge on any atom is 0.109 e. The molecule has 0 radical (unpaired) electrons. The van der Waals surface area contributed by atoms with Gasteiger partial charge in [-0.2, -0.15) is 0 Å². The molecule has 2 nitrogen and oxygen atoms in total. The van der Waals surface area contributed by atoms with Crippen LogP contribution in [-0.2, 0) is 0 Å². The molecule has 0 aliphatic heterocycles. The Balaban J connectivity index is 2.21. The van der Waals surface area contributed by atoms with Gasteiger partial charge in [0.25, 0.3) is 0 Å². The van der Waals surface area contributed by atoms with E-state index in [2.05, 4.69) is 14.8 Å². The number of hydrogen-bond donors (Lipinski definition) is 2. The summed E-state index contributed by atoms with van der Waals surface area (Å²) in [5.41, 5.74) is 0.0959. The van der Waals surface area contributed by atoms with Crippen LogP contribution >= 0.6 is 0 Å². The zero-order valence-corrected chi connectivity index (χ0v) is 8.53. The summed E-state index contributed by atoms with van der Waals surface area (Å²) in [4.78, 5) is 0. The van der Waals surface area contributed by atoms with E-state index in [1.807, 2.05) is 0 Å². The molecule has 2 saturated carbocycles. The molecule has 0 amide bonds. The van der Waals surface area contributed by atoms with Crippen LogP contribution in [0.25, 0.3) is 0 Å². The summed E-state index contributed by atoms with van der Waals surface area (Å²) < 4.78 is 0. The van der Waals surface area contributed by atoms with Crippen molar-refractivity contribution < 1.29 is 10.2 Å². The fraction of sp³-hybridized carbons (Fsp3) is 1.00. The molecule has 2 N–H and O–H groups in total. The molecule has 0 saturated heterocycles. The summed E-state index contributed by atoms with van der Waals surface area (Å²) in [7, 11) is 2.13. The third-order valence-electron chi connectivity index (χ3n) is 4.58. The molecule has 5 atom stereocenters. The van der Waals surface area contributed by atoms with Gasteiger partial charge in [-0.15, -0.1) is 0 Å². The zero-order valence-electron chi connectivity index (χ0n) is 8.53. The number of fused-ring (bicyclic) bond motifs is 1. The molecule has 0 aromatic heterocycles. The average Bonchev–Trinajstić information content (AvgIpc) is 2.39. The normalized spacial score (nSPS) is 56.2. The summed E-state index contributed by atoms with van der Waals surface area (Å²) in [6, 6.07) is 0. The van der Waals surface area contributed by atoms with Gasteiger partial charge in [0.05, 0.1) is 12.2 Å². The molecule has 2 aliphatic rings. The van der Waals surface area contributed by atoms with Crippen molar-refractivity contribution in [2.45, 2.75) is 50.6 Å². The van der Waals surface area contributed by atoms with Gasteiger partial charge in [0.15, 0.2) is 0 Å². The van der Waals surface area contributed by atoms with Crippen molar-refractivity contribution >= 4 is 7.85 Å². The first-order chi connectivity index (χ1) is 6.05. The Hall–Kier alpha value is -0.0151. The van der Waals surface area contributed by atoms with Crippen LogP contribution in [0.4, 0.5) is 0 Å².